The number of nitrogens with zero attached hydrogens (tertiary/aromatic N) is 2. The zero-order chi connectivity index (χ0) is 11.4. The van der Waals surface area contributed by atoms with Crippen LogP contribution >= 0.6 is 15.9 Å². The third-order valence-corrected chi connectivity index (χ3v) is 2.18. The Bertz CT molecular complexity index is 404. The number of nitriles is 1. The normalized spacial score (nSPS) is 10.1. The van der Waals surface area contributed by atoms with E-state index < -0.39 is 6.43 Å². The molecule has 0 bridgehead atoms. The highest BCUT2D eigenvalue weighted by molar-refractivity contribution is 9.10. The van der Waals surface area contributed by atoms with Crippen LogP contribution in [0.25, 0.3) is 0 Å². The highest BCUT2D eigenvalue weighted by Crippen LogP contribution is 2.31. The molecule has 0 unspecified atom stereocenters. The van der Waals surface area contributed by atoms with E-state index >= 15 is 0 Å². The van der Waals surface area contributed by atoms with Gasteiger partial charge in [0, 0.05) is 11.1 Å². The second kappa shape index (κ2) is 5.03. The number of hydrogen-bond acceptors (Lipinski definition) is 3. The molecule has 1 aromatic heterocycles. The number of rotatable bonds is 3. The number of alkyl halides is 2. The molecule has 15 heavy (non-hydrogen) atoms. The predicted molar refractivity (Wildman–Crippen MR) is 52.8 cm³/mol. The van der Waals surface area contributed by atoms with E-state index in [4.69, 9.17) is 10.00 Å². The summed E-state index contributed by atoms with van der Waals surface area (Å²) < 4.78 is 30.4. The van der Waals surface area contributed by atoms with Gasteiger partial charge in [0.2, 0.25) is 5.88 Å². The van der Waals surface area contributed by atoms with Gasteiger partial charge in [-0.15, -0.1) is 0 Å². The standard InChI is InChI=1S/C9H7BrF2N2O/c1-15-9-5(2-3-13)6(8(11)12)4-7(10)14-9/h4,8H,2H2,1H3. The van der Waals surface area contributed by atoms with Crippen molar-refractivity contribution in [2.75, 3.05) is 7.11 Å². The Kier molecular flexibility index (Phi) is 3.97. The molecule has 3 nitrogen and oxygen atoms in total. The summed E-state index contributed by atoms with van der Waals surface area (Å²) in [4.78, 5) is 3.86. The summed E-state index contributed by atoms with van der Waals surface area (Å²) in [6, 6.07) is 3.00. The monoisotopic (exact) mass is 276 g/mol. The number of ether oxygens (including phenoxy) is 1. The first-order chi connectivity index (χ1) is 7.10. The average molecular weight is 277 g/mol. The summed E-state index contributed by atoms with van der Waals surface area (Å²) in [6.07, 6.45) is -2.80. The molecule has 0 amide bonds. The highest BCUT2D eigenvalue weighted by Gasteiger charge is 2.19. The Balaban J connectivity index is 3.34. The number of halogens is 3. The molecule has 0 radical (unpaired) electrons. The fourth-order valence-corrected chi connectivity index (χ4v) is 1.56. The van der Waals surface area contributed by atoms with E-state index in [9.17, 15) is 8.78 Å². The topological polar surface area (TPSA) is 45.9 Å². The molecular weight excluding hydrogens is 270 g/mol. The minimum Gasteiger partial charge on any atom is -0.481 e. The smallest absolute Gasteiger partial charge is 0.264 e. The summed E-state index contributed by atoms with van der Waals surface area (Å²) in [6.45, 7) is 0. The maximum absolute atomic E-state index is 12.6. The fraction of sp³-hybridized carbons (Fsp3) is 0.333. The van der Waals surface area contributed by atoms with Crippen molar-refractivity contribution in [1.82, 2.24) is 4.98 Å². The number of pyridine rings is 1. The van der Waals surface area contributed by atoms with Crippen molar-refractivity contribution in [1.29, 1.82) is 5.26 Å². The van der Waals surface area contributed by atoms with Gasteiger partial charge in [0.15, 0.2) is 0 Å². The zero-order valence-corrected chi connectivity index (χ0v) is 9.38. The molecule has 1 heterocycles. The van der Waals surface area contributed by atoms with Gasteiger partial charge in [-0.25, -0.2) is 13.8 Å². The van der Waals surface area contributed by atoms with Crippen LogP contribution in [0.4, 0.5) is 8.78 Å². The first kappa shape index (κ1) is 11.9. The molecule has 0 saturated heterocycles. The lowest BCUT2D eigenvalue weighted by atomic mass is 10.1. The second-order valence-corrected chi connectivity index (χ2v) is 3.47. The first-order valence-electron chi connectivity index (χ1n) is 3.98. The molecule has 0 spiro atoms. The van der Waals surface area contributed by atoms with Gasteiger partial charge in [0.25, 0.3) is 6.43 Å². The molecule has 0 fully saturated rings. The Hall–Kier alpha value is -1.22. The van der Waals surface area contributed by atoms with Gasteiger partial charge in [0.05, 0.1) is 19.6 Å². The van der Waals surface area contributed by atoms with E-state index in [1.54, 1.807) is 6.07 Å². The van der Waals surface area contributed by atoms with Crippen LogP contribution in [0.15, 0.2) is 10.7 Å². The van der Waals surface area contributed by atoms with Gasteiger partial charge in [-0.1, -0.05) is 0 Å². The lowest BCUT2D eigenvalue weighted by Crippen LogP contribution is -2.01. The minimum atomic E-state index is -2.65. The van der Waals surface area contributed by atoms with Crippen molar-refractivity contribution in [3.05, 3.63) is 21.8 Å². The van der Waals surface area contributed by atoms with Crippen LogP contribution in [0.2, 0.25) is 0 Å². The summed E-state index contributed by atoms with van der Waals surface area (Å²) in [5, 5.41) is 8.53. The lowest BCUT2D eigenvalue weighted by molar-refractivity contribution is 0.149. The molecule has 0 N–H and O–H groups in total. The summed E-state index contributed by atoms with van der Waals surface area (Å²) >= 11 is 3.00. The summed E-state index contributed by atoms with van der Waals surface area (Å²) in [5.74, 6) is 0.0567. The van der Waals surface area contributed by atoms with Crippen molar-refractivity contribution < 1.29 is 13.5 Å². The largest absolute Gasteiger partial charge is 0.481 e. The van der Waals surface area contributed by atoms with Crippen molar-refractivity contribution in [2.24, 2.45) is 0 Å². The van der Waals surface area contributed by atoms with Crippen LogP contribution in [-0.2, 0) is 6.42 Å². The van der Waals surface area contributed by atoms with Crippen LogP contribution < -0.4 is 4.74 Å². The average Bonchev–Trinajstić information content (AvgIpc) is 2.19. The number of methoxy groups -OCH3 is 1. The summed E-state index contributed by atoms with van der Waals surface area (Å²) in [5.41, 5.74) is -0.0894. The van der Waals surface area contributed by atoms with Gasteiger partial charge in [-0.05, 0) is 22.0 Å². The third-order valence-electron chi connectivity index (χ3n) is 1.77. The van der Waals surface area contributed by atoms with E-state index in [0.29, 0.717) is 0 Å². The van der Waals surface area contributed by atoms with Crippen LogP contribution in [-0.4, -0.2) is 12.1 Å². The molecule has 1 rings (SSSR count). The van der Waals surface area contributed by atoms with E-state index in [-0.39, 0.29) is 28.0 Å². The number of hydrogen-bond donors (Lipinski definition) is 0. The predicted octanol–water partition coefficient (Wildman–Crippen LogP) is 2.86. The Morgan fingerprint density at radius 3 is 2.80 bits per heavy atom. The number of aromatic nitrogens is 1. The SMILES string of the molecule is COc1nc(Br)cc(C(F)F)c1CC#N. The van der Waals surface area contributed by atoms with Gasteiger partial charge in [0.1, 0.15) is 4.60 Å². The van der Waals surface area contributed by atoms with E-state index in [0.717, 1.165) is 0 Å². The molecule has 6 heteroatoms. The minimum absolute atomic E-state index is 0.0567. The van der Waals surface area contributed by atoms with Gasteiger partial charge in [-0.3, -0.25) is 0 Å². The van der Waals surface area contributed by atoms with Gasteiger partial charge >= 0.3 is 0 Å². The van der Waals surface area contributed by atoms with E-state index in [1.807, 2.05) is 0 Å². The quantitative estimate of drug-likeness (QED) is 0.798. The first-order valence-corrected chi connectivity index (χ1v) is 4.77. The Morgan fingerprint density at radius 1 is 1.67 bits per heavy atom. The molecule has 0 aromatic carbocycles. The molecule has 0 aliphatic carbocycles. The summed E-state index contributed by atoms with van der Waals surface area (Å²) in [7, 11) is 1.32. The third kappa shape index (κ3) is 2.63. The molecule has 0 aliphatic rings. The molecule has 0 atom stereocenters. The molecule has 0 saturated carbocycles. The molecule has 1 aromatic rings. The zero-order valence-electron chi connectivity index (χ0n) is 7.80. The highest BCUT2D eigenvalue weighted by atomic mass is 79.9. The van der Waals surface area contributed by atoms with Crippen LogP contribution in [0, 0.1) is 11.3 Å². The van der Waals surface area contributed by atoms with Crippen molar-refractivity contribution in [3.63, 3.8) is 0 Å². The fourth-order valence-electron chi connectivity index (χ4n) is 1.16. The maximum atomic E-state index is 12.6. The Labute approximate surface area is 93.8 Å². The Morgan fingerprint density at radius 2 is 2.33 bits per heavy atom. The molecule has 80 valence electrons. The van der Waals surface area contributed by atoms with Crippen molar-refractivity contribution in [3.8, 4) is 11.9 Å². The van der Waals surface area contributed by atoms with E-state index in [2.05, 4.69) is 20.9 Å². The van der Waals surface area contributed by atoms with Crippen LogP contribution in [0.5, 0.6) is 5.88 Å². The molecule has 0 aliphatic heterocycles. The molecular formula is C9H7BrF2N2O. The van der Waals surface area contributed by atoms with E-state index in [1.165, 1.54) is 13.2 Å². The van der Waals surface area contributed by atoms with Crippen LogP contribution in [0.1, 0.15) is 17.6 Å². The van der Waals surface area contributed by atoms with Crippen molar-refractivity contribution in [2.45, 2.75) is 12.8 Å². The maximum Gasteiger partial charge on any atom is 0.264 e. The van der Waals surface area contributed by atoms with Gasteiger partial charge < -0.3 is 4.74 Å². The van der Waals surface area contributed by atoms with Crippen LogP contribution in [0.3, 0.4) is 0 Å². The second-order valence-electron chi connectivity index (χ2n) is 2.66. The van der Waals surface area contributed by atoms with Crippen molar-refractivity contribution >= 4 is 15.9 Å². The van der Waals surface area contributed by atoms with Gasteiger partial charge in [-0.2, -0.15) is 5.26 Å². The lowest BCUT2D eigenvalue weighted by Gasteiger charge is -2.10.